The number of rotatable bonds is 6. The Morgan fingerprint density at radius 3 is 0.542 bits per heavy atom. The first kappa shape index (κ1) is 75.2. The van der Waals surface area contributed by atoms with E-state index in [1.54, 1.807) is 144 Å². The van der Waals surface area contributed by atoms with Gasteiger partial charge in [-0.2, -0.15) is 24.8 Å². The number of nitrogens with zero attached hydrogens (tertiary/aromatic N) is 4. The molecular formula is C54H76Gd2N4O12. The number of aliphatic hydroxyl groups is 12. The van der Waals surface area contributed by atoms with E-state index in [1.165, 1.54) is 0 Å². The second kappa shape index (κ2) is 44.0. The van der Waals surface area contributed by atoms with Crippen LogP contribution in [0.15, 0.2) is 143 Å². The van der Waals surface area contributed by atoms with Crippen LogP contribution in [0.4, 0.5) is 22.7 Å². The fourth-order valence-corrected chi connectivity index (χ4v) is 4.25. The maximum absolute atomic E-state index is 8.31. The summed E-state index contributed by atoms with van der Waals surface area (Å²) in [5, 5.41) is 122. The quantitative estimate of drug-likeness (QED) is 0.114. The number of hydrogen-bond donors (Lipinski definition) is 12. The third kappa shape index (κ3) is 32.1. The number of fused-ring (bicyclic) bond motifs is 6. The summed E-state index contributed by atoms with van der Waals surface area (Å²) in [6.45, 7) is 20.5. The predicted octanol–water partition coefficient (Wildman–Crippen LogP) is 6.21. The molecule has 4 heterocycles. The van der Waals surface area contributed by atoms with Gasteiger partial charge in [0.25, 0.3) is 0 Å². The molecule has 0 saturated carbocycles. The van der Waals surface area contributed by atoms with Gasteiger partial charge in [0, 0.05) is 0 Å². The van der Waals surface area contributed by atoms with Gasteiger partial charge >= 0.3 is 79.9 Å². The van der Waals surface area contributed by atoms with Crippen LogP contribution in [0.5, 0.6) is 0 Å². The summed E-state index contributed by atoms with van der Waals surface area (Å²) in [5.74, 6) is 0. The summed E-state index contributed by atoms with van der Waals surface area (Å²) < 4.78 is 0. The van der Waals surface area contributed by atoms with Gasteiger partial charge in [0.05, 0.1) is 0 Å². The van der Waals surface area contributed by atoms with Gasteiger partial charge in [-0.3, -0.25) is 0 Å². The summed E-state index contributed by atoms with van der Waals surface area (Å²) in [6.07, 6.45) is 25.5. The Labute approximate surface area is 489 Å². The van der Waals surface area contributed by atoms with E-state index in [0.717, 1.165) is 43.6 Å². The van der Waals surface area contributed by atoms with Gasteiger partial charge in [-0.1, -0.05) is 109 Å². The zero-order valence-electron chi connectivity index (χ0n) is 43.0. The average molecular weight is 1290 g/mol. The summed E-state index contributed by atoms with van der Waals surface area (Å²) in [4.78, 5) is 0. The molecule has 0 radical (unpaired) electrons. The minimum absolute atomic E-state index is 0. The number of aliphatic hydroxyl groups excluding tert-OH is 6. The Morgan fingerprint density at radius 2 is 0.444 bits per heavy atom. The maximum atomic E-state index is 8.31. The predicted molar refractivity (Wildman–Crippen MR) is 284 cm³/mol. The van der Waals surface area contributed by atoms with Crippen LogP contribution in [0.1, 0.15) is 83.1 Å². The smallest absolute Gasteiger partial charge is 0.665 e. The second-order valence-electron chi connectivity index (χ2n) is 14.9. The van der Waals surface area contributed by atoms with Gasteiger partial charge in [0.1, 0.15) is 0 Å². The minimum atomic E-state index is -1.27. The van der Waals surface area contributed by atoms with E-state index in [2.05, 4.69) is 69.8 Å². The fraction of sp³-hybridized carbons (Fsp3) is 0.333. The van der Waals surface area contributed by atoms with Crippen LogP contribution in [-0.2, 0) is 0 Å². The molecule has 2 aromatic rings. The number of hydrogen-bond acceptors (Lipinski definition) is 12. The van der Waals surface area contributed by atoms with Crippen molar-refractivity contribution in [3.05, 3.63) is 185 Å². The van der Waals surface area contributed by atoms with Crippen molar-refractivity contribution in [2.24, 2.45) is 0 Å². The van der Waals surface area contributed by atoms with Gasteiger partial charge in [-0.25, -0.2) is 0 Å². The third-order valence-electron chi connectivity index (χ3n) is 9.86. The molecule has 0 spiro atoms. The SMILES string of the molecule is C1=C[N-]c2c3c(ccc2=C1)=CC=C[N-]3.C1=C[N-]c2c3c(ccc2=C1)=CC=C[N-]3.CC=C(C)C(O)O.CC=C(C)C(O)O.CC=C(C)C(O)O.CC=C(C)C(O)O.CC=C(C)C(O)O.CC=C(C)C(O)O.[Gd+2].[Gd+2]. The van der Waals surface area contributed by atoms with E-state index >= 15 is 0 Å². The molecule has 0 bridgehead atoms. The molecule has 12 N–H and O–H groups in total. The molecular weight excluding hydrogens is 1210 g/mol. The van der Waals surface area contributed by atoms with E-state index in [1.807, 2.05) is 24.3 Å². The van der Waals surface area contributed by atoms with Crippen molar-refractivity contribution in [1.82, 2.24) is 0 Å². The van der Waals surface area contributed by atoms with Crippen molar-refractivity contribution in [2.45, 2.75) is 121 Å². The van der Waals surface area contributed by atoms with E-state index in [-0.39, 0.29) is 79.9 Å². The molecule has 16 nitrogen and oxygen atoms in total. The Hall–Kier alpha value is -3.31. The van der Waals surface area contributed by atoms with E-state index in [9.17, 15) is 0 Å². The first-order valence-corrected chi connectivity index (χ1v) is 22.1. The third-order valence-corrected chi connectivity index (χ3v) is 9.86. The zero-order chi connectivity index (χ0) is 53.9. The van der Waals surface area contributed by atoms with Crippen molar-refractivity contribution in [2.75, 3.05) is 0 Å². The molecule has 0 unspecified atom stereocenters. The average Bonchev–Trinajstić information content (AvgIpc) is 3.37. The van der Waals surface area contributed by atoms with Crippen LogP contribution < -0.4 is 20.9 Å². The molecule has 0 fully saturated rings. The summed E-state index contributed by atoms with van der Waals surface area (Å²) in [7, 11) is 0. The van der Waals surface area contributed by atoms with Crippen LogP contribution in [0.25, 0.3) is 45.6 Å². The van der Waals surface area contributed by atoms with Crippen LogP contribution >= 0.6 is 0 Å². The van der Waals surface area contributed by atoms with Gasteiger partial charge in [-0.05, 0) is 137 Å². The molecule has 0 amide bonds. The first-order valence-electron chi connectivity index (χ1n) is 22.1. The Morgan fingerprint density at radius 1 is 0.306 bits per heavy atom. The standard InChI is InChI=1S/2C12H8N2.6C5H10O2.2Gd/c2*1-3-9-5-6-10-4-2-8-14-12(10)11(9)13-7-1;6*1-3-4(2)5(6)7;;/h2*1-8H;6*3,5-7H,1-2H3;;/q2*-2;;;;;;;2*+2. The normalized spacial score (nSPS) is 13.6. The first-order chi connectivity index (χ1) is 33.0. The van der Waals surface area contributed by atoms with Crippen LogP contribution in [0.3, 0.4) is 0 Å². The van der Waals surface area contributed by atoms with Crippen LogP contribution in [0, 0.1) is 79.9 Å². The van der Waals surface area contributed by atoms with Gasteiger partial charge < -0.3 is 82.5 Å². The summed E-state index contributed by atoms with van der Waals surface area (Å²) in [6, 6.07) is 8.30. The molecule has 0 atom stereocenters. The molecule has 0 aliphatic carbocycles. The van der Waals surface area contributed by atoms with Crippen molar-refractivity contribution in [1.29, 1.82) is 0 Å². The largest absolute Gasteiger partial charge is 2.00 e. The van der Waals surface area contributed by atoms with E-state index in [0.29, 0.717) is 33.4 Å². The molecule has 18 heteroatoms. The Kier molecular flexibility index (Phi) is 46.0. The zero-order valence-corrected chi connectivity index (χ0v) is 47.6. The second-order valence-corrected chi connectivity index (χ2v) is 14.9. The Bertz CT molecular complexity index is 2070. The fourth-order valence-electron chi connectivity index (χ4n) is 4.25. The van der Waals surface area contributed by atoms with E-state index < -0.39 is 37.7 Å². The van der Waals surface area contributed by atoms with E-state index in [4.69, 9.17) is 61.3 Å². The van der Waals surface area contributed by atoms with Crippen molar-refractivity contribution >= 4 is 47.1 Å². The molecule has 6 rings (SSSR count). The van der Waals surface area contributed by atoms with Crippen LogP contribution in [0.2, 0.25) is 0 Å². The monoisotopic (exact) mass is 1290 g/mol. The van der Waals surface area contributed by atoms with Gasteiger partial charge in [0.2, 0.25) is 0 Å². The minimum Gasteiger partial charge on any atom is -0.665 e. The van der Waals surface area contributed by atoms with Crippen LogP contribution in [-0.4, -0.2) is 99.0 Å². The van der Waals surface area contributed by atoms with Gasteiger partial charge in [0.15, 0.2) is 37.7 Å². The molecule has 400 valence electrons. The number of benzene rings is 2. The summed E-state index contributed by atoms with van der Waals surface area (Å²) in [5.41, 5.74) is 7.41. The molecule has 4 aliphatic heterocycles. The Balaban J connectivity index is -0.000000376. The van der Waals surface area contributed by atoms with Crippen molar-refractivity contribution in [3.8, 4) is 0 Å². The topological polar surface area (TPSA) is 299 Å². The molecule has 72 heavy (non-hydrogen) atoms. The van der Waals surface area contributed by atoms with Crippen molar-refractivity contribution in [3.63, 3.8) is 0 Å². The maximum Gasteiger partial charge on any atom is 2.00 e. The number of allylic oxidation sites excluding steroid dienone is 10. The van der Waals surface area contributed by atoms with Gasteiger partial charge in [-0.15, -0.1) is 22.7 Å². The van der Waals surface area contributed by atoms with Crippen molar-refractivity contribution < 1.29 is 141 Å². The summed E-state index contributed by atoms with van der Waals surface area (Å²) >= 11 is 0. The molecule has 2 aromatic carbocycles. The molecule has 0 aromatic heterocycles. The molecule has 0 saturated heterocycles. The molecule has 4 aliphatic rings.